The molecule has 2 rings (SSSR count). The molecule has 0 saturated carbocycles. The fourth-order valence-corrected chi connectivity index (χ4v) is 1.51. The first kappa shape index (κ1) is 11.7. The number of aliphatic hydroxyl groups is 1. The summed E-state index contributed by atoms with van der Waals surface area (Å²) in [4.78, 5) is 0. The van der Waals surface area contributed by atoms with Crippen molar-refractivity contribution in [3.63, 3.8) is 0 Å². The average Bonchev–Trinajstić information content (AvgIpc) is 2.85. The van der Waals surface area contributed by atoms with Crippen LogP contribution in [0.1, 0.15) is 18.1 Å². The molecule has 0 aliphatic carbocycles. The van der Waals surface area contributed by atoms with Gasteiger partial charge in [0, 0.05) is 18.3 Å². The molecule has 0 atom stereocenters. The first-order valence-corrected chi connectivity index (χ1v) is 5.65. The third-order valence-corrected chi connectivity index (χ3v) is 2.52. The van der Waals surface area contributed by atoms with E-state index >= 15 is 0 Å². The van der Waals surface area contributed by atoms with E-state index in [1.807, 2.05) is 48.3 Å². The summed E-state index contributed by atoms with van der Waals surface area (Å²) >= 11 is 0. The zero-order chi connectivity index (χ0) is 12.1. The molecule has 1 aromatic carbocycles. The van der Waals surface area contributed by atoms with Gasteiger partial charge in [0.05, 0.1) is 12.8 Å². The second-order valence-corrected chi connectivity index (χ2v) is 3.80. The Balaban J connectivity index is 1.92. The summed E-state index contributed by atoms with van der Waals surface area (Å²) < 4.78 is 7.48. The van der Waals surface area contributed by atoms with Gasteiger partial charge >= 0.3 is 0 Å². The Morgan fingerprint density at radius 3 is 2.59 bits per heavy atom. The first-order valence-electron chi connectivity index (χ1n) is 5.65. The van der Waals surface area contributed by atoms with Crippen LogP contribution >= 0.6 is 0 Å². The number of ether oxygens (including phenoxy) is 1. The summed E-state index contributed by atoms with van der Waals surface area (Å²) in [5.74, 6) is 0.798. The molecule has 90 valence electrons. The molecule has 0 amide bonds. The predicted octanol–water partition coefficient (Wildman–Crippen LogP) is 1.97. The molecule has 4 nitrogen and oxygen atoms in total. The van der Waals surface area contributed by atoms with Crippen molar-refractivity contribution in [3.05, 3.63) is 47.8 Å². The highest BCUT2D eigenvalue weighted by atomic mass is 16.5. The van der Waals surface area contributed by atoms with Gasteiger partial charge in [0.25, 0.3) is 0 Å². The van der Waals surface area contributed by atoms with Crippen LogP contribution in [0.2, 0.25) is 0 Å². The highest BCUT2D eigenvalue weighted by Gasteiger charge is 1.99. The predicted molar refractivity (Wildman–Crippen MR) is 64.6 cm³/mol. The Morgan fingerprint density at radius 1 is 1.24 bits per heavy atom. The minimum absolute atomic E-state index is 0.0591. The fourth-order valence-electron chi connectivity index (χ4n) is 1.51. The Bertz CT molecular complexity index is 463. The van der Waals surface area contributed by atoms with Gasteiger partial charge in [-0.1, -0.05) is 12.1 Å². The lowest BCUT2D eigenvalue weighted by Crippen LogP contribution is -1.95. The van der Waals surface area contributed by atoms with E-state index in [2.05, 4.69) is 5.10 Å². The number of hydrogen-bond donors (Lipinski definition) is 1. The molecule has 17 heavy (non-hydrogen) atoms. The number of hydrogen-bond acceptors (Lipinski definition) is 3. The van der Waals surface area contributed by atoms with Crippen LogP contribution in [0.25, 0.3) is 0 Å². The number of aryl methyl sites for hydroxylation is 1. The lowest BCUT2D eigenvalue weighted by molar-refractivity contribution is 0.280. The molecule has 0 spiro atoms. The van der Waals surface area contributed by atoms with Gasteiger partial charge in [-0.05, 0) is 24.6 Å². The Morgan fingerprint density at radius 2 is 2.00 bits per heavy atom. The van der Waals surface area contributed by atoms with Crippen molar-refractivity contribution in [2.45, 2.75) is 26.7 Å². The number of aromatic nitrogens is 2. The van der Waals surface area contributed by atoms with Crippen LogP contribution in [-0.2, 0) is 19.8 Å². The Kier molecular flexibility index (Phi) is 3.77. The molecule has 0 fully saturated rings. The number of nitrogens with zero attached hydrogens (tertiary/aromatic N) is 2. The molecule has 0 saturated heterocycles. The largest absolute Gasteiger partial charge is 0.489 e. The quantitative estimate of drug-likeness (QED) is 0.857. The summed E-state index contributed by atoms with van der Waals surface area (Å²) in [6.07, 6.45) is 3.79. The zero-order valence-electron chi connectivity index (χ0n) is 9.84. The molecule has 4 heteroatoms. The second kappa shape index (κ2) is 5.50. The van der Waals surface area contributed by atoms with Crippen molar-refractivity contribution in [1.29, 1.82) is 0 Å². The minimum Gasteiger partial charge on any atom is -0.489 e. The maximum atomic E-state index is 8.91. The van der Waals surface area contributed by atoms with E-state index in [1.165, 1.54) is 0 Å². The van der Waals surface area contributed by atoms with Crippen LogP contribution < -0.4 is 4.74 Å². The monoisotopic (exact) mass is 232 g/mol. The summed E-state index contributed by atoms with van der Waals surface area (Å²) in [6, 6.07) is 7.42. The Labute approximate surface area is 100 Å². The van der Waals surface area contributed by atoms with Gasteiger partial charge in [0.15, 0.2) is 0 Å². The van der Waals surface area contributed by atoms with Crippen molar-refractivity contribution in [3.8, 4) is 5.75 Å². The normalized spacial score (nSPS) is 10.5. The minimum atomic E-state index is 0.0591. The molecule has 0 bridgehead atoms. The fraction of sp³-hybridized carbons (Fsp3) is 0.308. The van der Waals surface area contributed by atoms with Crippen molar-refractivity contribution < 1.29 is 9.84 Å². The smallest absolute Gasteiger partial charge is 0.119 e. The molecule has 0 aliphatic heterocycles. The van der Waals surface area contributed by atoms with Crippen molar-refractivity contribution >= 4 is 0 Å². The maximum Gasteiger partial charge on any atom is 0.119 e. The van der Waals surface area contributed by atoms with Crippen LogP contribution in [0.4, 0.5) is 0 Å². The van der Waals surface area contributed by atoms with E-state index in [-0.39, 0.29) is 6.61 Å². The molecule has 1 N–H and O–H groups in total. The third kappa shape index (κ3) is 3.07. The molecule has 1 aromatic heterocycles. The molecular weight excluding hydrogens is 216 g/mol. The van der Waals surface area contributed by atoms with Crippen LogP contribution in [0.15, 0.2) is 36.7 Å². The summed E-state index contributed by atoms with van der Waals surface area (Å²) in [7, 11) is 0. The van der Waals surface area contributed by atoms with Gasteiger partial charge in [0.2, 0.25) is 0 Å². The van der Waals surface area contributed by atoms with Crippen LogP contribution in [0.3, 0.4) is 0 Å². The molecule has 1 heterocycles. The summed E-state index contributed by atoms with van der Waals surface area (Å²) in [6.45, 7) is 3.48. The van der Waals surface area contributed by atoms with Crippen molar-refractivity contribution in [2.24, 2.45) is 0 Å². The van der Waals surface area contributed by atoms with Crippen LogP contribution in [0, 0.1) is 0 Å². The molecule has 0 radical (unpaired) electrons. The van der Waals surface area contributed by atoms with Gasteiger partial charge < -0.3 is 9.84 Å². The average molecular weight is 232 g/mol. The second-order valence-electron chi connectivity index (χ2n) is 3.80. The molecule has 0 aliphatic rings. The van der Waals surface area contributed by atoms with E-state index in [0.29, 0.717) is 6.61 Å². The van der Waals surface area contributed by atoms with Crippen molar-refractivity contribution in [2.75, 3.05) is 0 Å². The standard InChI is InChI=1S/C13H16N2O2/c1-2-15-8-12(7-14-15)10-17-13-5-3-11(9-16)4-6-13/h3-8,16H,2,9-10H2,1H3. The van der Waals surface area contributed by atoms with Gasteiger partial charge in [-0.25, -0.2) is 0 Å². The highest BCUT2D eigenvalue weighted by Crippen LogP contribution is 2.14. The van der Waals surface area contributed by atoms with E-state index in [0.717, 1.165) is 23.4 Å². The van der Waals surface area contributed by atoms with E-state index in [4.69, 9.17) is 9.84 Å². The molecule has 2 aromatic rings. The van der Waals surface area contributed by atoms with Gasteiger partial charge in [-0.2, -0.15) is 5.10 Å². The Hall–Kier alpha value is -1.81. The van der Waals surface area contributed by atoms with Crippen LogP contribution in [0.5, 0.6) is 5.75 Å². The number of rotatable bonds is 5. The van der Waals surface area contributed by atoms with Crippen LogP contribution in [-0.4, -0.2) is 14.9 Å². The molecular formula is C13H16N2O2. The third-order valence-electron chi connectivity index (χ3n) is 2.52. The van der Waals surface area contributed by atoms with Gasteiger partial charge in [-0.15, -0.1) is 0 Å². The van der Waals surface area contributed by atoms with E-state index in [1.54, 1.807) is 0 Å². The SMILES string of the molecule is CCn1cc(COc2ccc(CO)cc2)cn1. The van der Waals surface area contributed by atoms with E-state index < -0.39 is 0 Å². The summed E-state index contributed by atoms with van der Waals surface area (Å²) in [5.41, 5.74) is 1.94. The summed E-state index contributed by atoms with van der Waals surface area (Å²) in [5, 5.41) is 13.1. The molecule has 0 unspecified atom stereocenters. The number of benzene rings is 1. The number of aliphatic hydroxyl groups excluding tert-OH is 1. The zero-order valence-corrected chi connectivity index (χ0v) is 9.84. The maximum absolute atomic E-state index is 8.91. The van der Waals surface area contributed by atoms with E-state index in [9.17, 15) is 0 Å². The van der Waals surface area contributed by atoms with Gasteiger partial charge in [-0.3, -0.25) is 4.68 Å². The lowest BCUT2D eigenvalue weighted by Gasteiger charge is -2.04. The highest BCUT2D eigenvalue weighted by molar-refractivity contribution is 5.27. The van der Waals surface area contributed by atoms with Crippen molar-refractivity contribution in [1.82, 2.24) is 9.78 Å². The van der Waals surface area contributed by atoms with Gasteiger partial charge in [0.1, 0.15) is 12.4 Å². The topological polar surface area (TPSA) is 47.3 Å². The lowest BCUT2D eigenvalue weighted by atomic mass is 10.2. The first-order chi connectivity index (χ1) is 8.31.